The van der Waals surface area contributed by atoms with Crippen LogP contribution in [0, 0.1) is 0 Å². The minimum Gasteiger partial charge on any atom is -0.398 e. The maximum atomic E-state index is 12.2. The molecule has 0 saturated carbocycles. The molecule has 1 aliphatic rings. The molecule has 1 heterocycles. The van der Waals surface area contributed by atoms with E-state index in [2.05, 4.69) is 5.32 Å². The summed E-state index contributed by atoms with van der Waals surface area (Å²) < 4.78 is 0. The number of carbonyl (C=O) groups excluding carboxylic acids is 2. The summed E-state index contributed by atoms with van der Waals surface area (Å²) in [6.45, 7) is 3.83. The summed E-state index contributed by atoms with van der Waals surface area (Å²) in [4.78, 5) is 25.2. The van der Waals surface area contributed by atoms with Crippen molar-refractivity contribution in [3.8, 4) is 0 Å². The van der Waals surface area contributed by atoms with Crippen LogP contribution < -0.4 is 11.1 Å². The Kier molecular flexibility index (Phi) is 2.98. The third-order valence-corrected chi connectivity index (χ3v) is 3.44. The predicted octanol–water partition coefficient (Wildman–Crippen LogP) is 1.49. The molecule has 5 heteroatoms. The Labute approximate surface area is 106 Å². The lowest BCUT2D eigenvalue weighted by atomic mass is 9.99. The van der Waals surface area contributed by atoms with E-state index in [0.717, 1.165) is 5.56 Å². The van der Waals surface area contributed by atoms with Gasteiger partial charge in [0.2, 0.25) is 0 Å². The lowest BCUT2D eigenvalue weighted by Crippen LogP contribution is -2.43. The molecule has 96 valence electrons. The Hall–Kier alpha value is -2.04. The smallest absolute Gasteiger partial charge is 0.325 e. The van der Waals surface area contributed by atoms with Crippen molar-refractivity contribution in [3.05, 3.63) is 29.8 Å². The van der Waals surface area contributed by atoms with Gasteiger partial charge in [0, 0.05) is 5.69 Å². The highest BCUT2D eigenvalue weighted by Gasteiger charge is 2.46. The first-order valence-electron chi connectivity index (χ1n) is 5.95. The Morgan fingerprint density at radius 2 is 2.00 bits per heavy atom. The molecule has 1 fully saturated rings. The lowest BCUT2D eigenvalue weighted by Gasteiger charge is -2.19. The molecule has 1 aromatic rings. The monoisotopic (exact) mass is 247 g/mol. The van der Waals surface area contributed by atoms with Gasteiger partial charge in [-0.1, -0.05) is 25.1 Å². The molecule has 0 aromatic heterocycles. The van der Waals surface area contributed by atoms with Gasteiger partial charge >= 0.3 is 6.03 Å². The molecular formula is C13H17N3O2. The molecule has 0 spiro atoms. The molecule has 18 heavy (non-hydrogen) atoms. The number of hydrogen-bond acceptors (Lipinski definition) is 3. The first kappa shape index (κ1) is 12.4. The number of amides is 3. The van der Waals surface area contributed by atoms with Gasteiger partial charge in [-0.25, -0.2) is 4.79 Å². The molecule has 1 aliphatic heterocycles. The molecule has 5 nitrogen and oxygen atoms in total. The summed E-state index contributed by atoms with van der Waals surface area (Å²) >= 11 is 0. The van der Waals surface area contributed by atoms with Gasteiger partial charge in [-0.3, -0.25) is 9.69 Å². The second kappa shape index (κ2) is 4.33. The highest BCUT2D eigenvalue weighted by atomic mass is 16.2. The zero-order valence-electron chi connectivity index (χ0n) is 10.6. The molecule has 1 unspecified atom stereocenters. The first-order valence-corrected chi connectivity index (χ1v) is 5.95. The summed E-state index contributed by atoms with van der Waals surface area (Å²) in [5.74, 6) is -0.196. The zero-order valence-corrected chi connectivity index (χ0v) is 10.6. The largest absolute Gasteiger partial charge is 0.398 e. The normalized spacial score (nSPS) is 23.3. The minimum atomic E-state index is -0.791. The van der Waals surface area contributed by atoms with Gasteiger partial charge in [-0.15, -0.1) is 0 Å². The fourth-order valence-electron chi connectivity index (χ4n) is 1.98. The van der Waals surface area contributed by atoms with Crippen molar-refractivity contribution < 1.29 is 9.59 Å². The molecule has 0 aliphatic carbocycles. The molecule has 1 aromatic carbocycles. The highest BCUT2D eigenvalue weighted by molar-refractivity contribution is 6.06. The number of nitrogens with two attached hydrogens (primary N) is 1. The molecule has 0 radical (unpaired) electrons. The summed E-state index contributed by atoms with van der Waals surface area (Å²) in [5, 5.41) is 2.72. The van der Waals surface area contributed by atoms with Crippen LogP contribution in [0.15, 0.2) is 24.3 Å². The van der Waals surface area contributed by atoms with Crippen molar-refractivity contribution in [2.24, 2.45) is 0 Å². The highest BCUT2D eigenvalue weighted by Crippen LogP contribution is 2.24. The van der Waals surface area contributed by atoms with Crippen molar-refractivity contribution in [3.63, 3.8) is 0 Å². The van der Waals surface area contributed by atoms with Crippen LogP contribution >= 0.6 is 0 Å². The van der Waals surface area contributed by atoms with Crippen LogP contribution in [0.4, 0.5) is 10.5 Å². The maximum absolute atomic E-state index is 12.2. The average molecular weight is 247 g/mol. The fourth-order valence-corrected chi connectivity index (χ4v) is 1.98. The predicted molar refractivity (Wildman–Crippen MR) is 68.6 cm³/mol. The van der Waals surface area contributed by atoms with Gasteiger partial charge < -0.3 is 11.1 Å². The first-order chi connectivity index (χ1) is 8.48. The number of nitrogen functional groups attached to an aromatic ring is 1. The maximum Gasteiger partial charge on any atom is 0.325 e. The molecule has 1 atom stereocenters. The van der Waals surface area contributed by atoms with Crippen molar-refractivity contribution in [1.29, 1.82) is 0 Å². The number of para-hydroxylation sites is 1. The number of carbonyl (C=O) groups is 2. The Bertz CT molecular complexity index is 501. The van der Waals surface area contributed by atoms with Gasteiger partial charge in [0.1, 0.15) is 5.54 Å². The van der Waals surface area contributed by atoms with Crippen molar-refractivity contribution in [2.45, 2.75) is 32.4 Å². The number of imide groups is 1. The molecular weight excluding hydrogens is 230 g/mol. The van der Waals surface area contributed by atoms with Crippen LogP contribution in [0.5, 0.6) is 0 Å². The van der Waals surface area contributed by atoms with Crippen molar-refractivity contribution in [2.75, 3.05) is 5.73 Å². The third-order valence-electron chi connectivity index (χ3n) is 3.44. The van der Waals surface area contributed by atoms with Gasteiger partial charge in [0.25, 0.3) is 5.91 Å². The van der Waals surface area contributed by atoms with Gasteiger partial charge in [0.15, 0.2) is 0 Å². The quantitative estimate of drug-likeness (QED) is 0.627. The fraction of sp³-hybridized carbons (Fsp3) is 0.385. The minimum absolute atomic E-state index is 0.196. The summed E-state index contributed by atoms with van der Waals surface area (Å²) in [5.41, 5.74) is 6.39. The number of rotatable bonds is 3. The van der Waals surface area contributed by atoms with Crippen LogP contribution in [0.25, 0.3) is 0 Å². The molecule has 3 amide bonds. The number of anilines is 1. The Morgan fingerprint density at radius 1 is 1.33 bits per heavy atom. The summed E-state index contributed by atoms with van der Waals surface area (Å²) in [6.07, 6.45) is 0.568. The SMILES string of the molecule is CCC1(C)NC(=O)N(Cc2ccccc2N)C1=O. The Balaban J connectivity index is 2.23. The second-order valence-electron chi connectivity index (χ2n) is 4.71. The van der Waals surface area contributed by atoms with E-state index in [4.69, 9.17) is 5.73 Å². The lowest BCUT2D eigenvalue weighted by molar-refractivity contribution is -0.131. The summed E-state index contributed by atoms with van der Waals surface area (Å²) in [7, 11) is 0. The van der Waals surface area contributed by atoms with Crippen LogP contribution in [0.3, 0.4) is 0 Å². The van der Waals surface area contributed by atoms with E-state index in [9.17, 15) is 9.59 Å². The van der Waals surface area contributed by atoms with Gasteiger partial charge in [-0.05, 0) is 25.0 Å². The van der Waals surface area contributed by atoms with Crippen LogP contribution in [0.2, 0.25) is 0 Å². The summed E-state index contributed by atoms with van der Waals surface area (Å²) in [6, 6.07) is 6.88. The number of nitrogens with one attached hydrogen (secondary N) is 1. The number of urea groups is 1. The standard InChI is InChI=1S/C13H17N3O2/c1-3-13(2)11(17)16(12(18)15-13)8-9-6-4-5-7-10(9)14/h4-7H,3,8,14H2,1-2H3,(H,15,18). The van der Waals surface area contributed by atoms with E-state index in [1.54, 1.807) is 13.0 Å². The van der Waals surface area contributed by atoms with Crippen molar-refractivity contribution in [1.82, 2.24) is 10.2 Å². The topological polar surface area (TPSA) is 75.4 Å². The van der Waals surface area contributed by atoms with Gasteiger partial charge in [0.05, 0.1) is 6.54 Å². The number of nitrogens with zero attached hydrogens (tertiary/aromatic N) is 1. The van der Waals surface area contributed by atoms with Crippen LogP contribution in [-0.4, -0.2) is 22.4 Å². The molecule has 0 bridgehead atoms. The zero-order chi connectivity index (χ0) is 13.3. The van der Waals surface area contributed by atoms with Crippen LogP contribution in [-0.2, 0) is 11.3 Å². The van der Waals surface area contributed by atoms with E-state index in [1.165, 1.54) is 4.90 Å². The van der Waals surface area contributed by atoms with E-state index in [-0.39, 0.29) is 18.5 Å². The van der Waals surface area contributed by atoms with E-state index in [1.807, 2.05) is 25.1 Å². The number of benzene rings is 1. The average Bonchev–Trinajstić information content (AvgIpc) is 2.56. The molecule has 3 N–H and O–H groups in total. The molecule has 2 rings (SSSR count). The van der Waals surface area contributed by atoms with E-state index < -0.39 is 5.54 Å². The third kappa shape index (κ3) is 1.92. The Morgan fingerprint density at radius 3 is 2.56 bits per heavy atom. The van der Waals surface area contributed by atoms with E-state index in [0.29, 0.717) is 12.1 Å². The second-order valence-corrected chi connectivity index (χ2v) is 4.71. The van der Waals surface area contributed by atoms with Crippen molar-refractivity contribution >= 4 is 17.6 Å². The molecule has 1 saturated heterocycles. The van der Waals surface area contributed by atoms with E-state index >= 15 is 0 Å². The van der Waals surface area contributed by atoms with Crippen LogP contribution in [0.1, 0.15) is 25.8 Å². The van der Waals surface area contributed by atoms with Gasteiger partial charge in [-0.2, -0.15) is 0 Å². The number of hydrogen-bond donors (Lipinski definition) is 2.